The highest BCUT2D eigenvalue weighted by atomic mass is 16.7. The molecule has 15 heteroatoms. The summed E-state index contributed by atoms with van der Waals surface area (Å²) in [6.45, 7) is 0.964. The van der Waals surface area contributed by atoms with Gasteiger partial charge in [0.1, 0.15) is 71.6 Å². The summed E-state index contributed by atoms with van der Waals surface area (Å²) in [5.41, 5.74) is 0.373. The molecule has 43 heavy (non-hydrogen) atoms. The van der Waals surface area contributed by atoms with E-state index in [4.69, 9.17) is 28.4 Å². The van der Waals surface area contributed by atoms with Crippen LogP contribution in [0, 0.1) is 0 Å². The first-order valence-corrected chi connectivity index (χ1v) is 13.5. The summed E-state index contributed by atoms with van der Waals surface area (Å²) in [6, 6.07) is 6.90. The second-order valence-electron chi connectivity index (χ2n) is 10.6. The van der Waals surface area contributed by atoms with E-state index in [1.165, 1.54) is 32.2 Å². The van der Waals surface area contributed by atoms with Crippen molar-refractivity contribution >= 4 is 5.78 Å². The Hall–Kier alpha value is -3.25. The Morgan fingerprint density at radius 2 is 1.53 bits per heavy atom. The van der Waals surface area contributed by atoms with Gasteiger partial charge in [-0.2, -0.15) is 0 Å². The molecule has 3 heterocycles. The summed E-state index contributed by atoms with van der Waals surface area (Å²) in [5, 5.41) is 82.2. The highest BCUT2D eigenvalue weighted by molar-refractivity contribution is 6.02. The number of aliphatic hydroxyl groups is 6. The SMILES string of the molecule is COc1ccc([C@H]2CC(=O)c3c(O)cc(O[C@@H]4O[C@H](CO[C@H]5O[C@@H](C)[C@H](O)[C@@H](O)[C@H]5O)[C@@H](O)[C@H](O)[C@@H]4O)cc3O2)cc1O. The van der Waals surface area contributed by atoms with E-state index < -0.39 is 85.7 Å². The molecule has 11 atom stereocenters. The van der Waals surface area contributed by atoms with Crippen molar-refractivity contribution in [2.75, 3.05) is 13.7 Å². The van der Waals surface area contributed by atoms with Gasteiger partial charge in [0.2, 0.25) is 6.29 Å². The topological polar surface area (TPSA) is 234 Å². The van der Waals surface area contributed by atoms with Crippen LogP contribution in [0.1, 0.15) is 35.4 Å². The molecular weight excluding hydrogens is 576 g/mol. The number of aliphatic hydroxyl groups excluding tert-OH is 6. The molecular formula is C28H34O15. The summed E-state index contributed by atoms with van der Waals surface area (Å²) in [6.07, 6.45) is -15.9. The number of Topliss-reactive ketones (excluding diaryl/α,β-unsaturated/α-hetero) is 1. The normalized spacial score (nSPS) is 36.0. The Labute approximate surface area is 245 Å². The summed E-state index contributed by atoms with van der Waals surface area (Å²) >= 11 is 0. The largest absolute Gasteiger partial charge is 0.507 e. The minimum absolute atomic E-state index is 0.0457. The second kappa shape index (κ2) is 12.4. The van der Waals surface area contributed by atoms with E-state index in [2.05, 4.69) is 0 Å². The highest BCUT2D eigenvalue weighted by Gasteiger charge is 2.47. The van der Waals surface area contributed by atoms with Gasteiger partial charge in [-0.15, -0.1) is 0 Å². The van der Waals surface area contributed by atoms with Crippen LogP contribution in [0.4, 0.5) is 0 Å². The molecule has 0 radical (unpaired) electrons. The monoisotopic (exact) mass is 610 g/mol. The zero-order valence-corrected chi connectivity index (χ0v) is 23.1. The van der Waals surface area contributed by atoms with Crippen LogP contribution in [0.15, 0.2) is 30.3 Å². The Morgan fingerprint density at radius 1 is 0.837 bits per heavy atom. The summed E-state index contributed by atoms with van der Waals surface area (Å²) in [4.78, 5) is 12.9. The van der Waals surface area contributed by atoms with Crippen LogP contribution in [0.2, 0.25) is 0 Å². The molecule has 236 valence electrons. The van der Waals surface area contributed by atoms with Crippen LogP contribution in [-0.2, 0) is 14.2 Å². The lowest BCUT2D eigenvalue weighted by atomic mass is 9.95. The molecule has 2 aromatic rings. The lowest BCUT2D eigenvalue weighted by Gasteiger charge is -2.42. The van der Waals surface area contributed by atoms with E-state index >= 15 is 0 Å². The molecule has 0 unspecified atom stereocenters. The quantitative estimate of drug-likeness (QED) is 0.185. The summed E-state index contributed by atoms with van der Waals surface area (Å²) in [5.74, 6) is -0.999. The molecule has 0 aliphatic carbocycles. The lowest BCUT2D eigenvalue weighted by Crippen LogP contribution is -2.61. The molecule has 0 saturated carbocycles. The number of benzene rings is 2. The molecule has 2 aromatic carbocycles. The standard InChI is InChI=1S/C28H34O15/c1-10-21(32)23(34)25(36)27(40-10)39-9-19-22(33)24(35)26(37)28(43-19)41-12-6-14(30)20-15(31)8-17(42-18(20)7-12)11-3-4-16(38-2)13(29)5-11/h3-7,10,17,19,21-30,32-37H,8-9H2,1-2H3/t10-,17+,19+,21-,22+,23+,24-,25+,26-,27-,28+/m0/s1. The Bertz CT molecular complexity index is 1320. The van der Waals surface area contributed by atoms with Crippen molar-refractivity contribution in [3.63, 3.8) is 0 Å². The van der Waals surface area contributed by atoms with E-state index in [0.717, 1.165) is 6.07 Å². The average Bonchev–Trinajstić information content (AvgIpc) is 2.97. The molecule has 0 amide bonds. The fraction of sp³-hybridized carbons (Fsp3) is 0.536. The van der Waals surface area contributed by atoms with Gasteiger partial charge < -0.3 is 69.3 Å². The molecule has 3 aliphatic rings. The van der Waals surface area contributed by atoms with Crippen molar-refractivity contribution < 1.29 is 74.1 Å². The van der Waals surface area contributed by atoms with E-state index in [1.54, 1.807) is 6.07 Å². The van der Waals surface area contributed by atoms with E-state index in [-0.39, 0.29) is 35.0 Å². The van der Waals surface area contributed by atoms with E-state index in [0.29, 0.717) is 5.56 Å². The molecule has 0 aromatic heterocycles. The van der Waals surface area contributed by atoms with Crippen molar-refractivity contribution in [2.24, 2.45) is 0 Å². The molecule has 2 saturated heterocycles. The number of ether oxygens (including phenoxy) is 6. The molecule has 8 N–H and O–H groups in total. The Balaban J connectivity index is 1.30. The number of rotatable bonds is 7. The molecule has 5 rings (SSSR count). The number of phenols is 2. The third-order valence-electron chi connectivity index (χ3n) is 7.70. The molecule has 15 nitrogen and oxygen atoms in total. The number of phenolic OH excluding ortho intramolecular Hbond substituents is 2. The van der Waals surface area contributed by atoms with Gasteiger partial charge in [0.15, 0.2) is 23.6 Å². The molecule has 0 bridgehead atoms. The van der Waals surface area contributed by atoms with Crippen molar-refractivity contribution in [2.45, 2.75) is 80.9 Å². The number of carbonyl (C=O) groups is 1. The fourth-order valence-corrected chi connectivity index (χ4v) is 5.20. The first-order chi connectivity index (χ1) is 20.4. The highest BCUT2D eigenvalue weighted by Crippen LogP contribution is 2.43. The summed E-state index contributed by atoms with van der Waals surface area (Å²) < 4.78 is 33.1. The fourth-order valence-electron chi connectivity index (χ4n) is 5.20. The van der Waals surface area contributed by atoms with Crippen molar-refractivity contribution in [1.29, 1.82) is 0 Å². The first kappa shape index (κ1) is 31.2. The number of fused-ring (bicyclic) bond motifs is 1. The van der Waals surface area contributed by atoms with Gasteiger partial charge in [-0.25, -0.2) is 0 Å². The van der Waals surface area contributed by atoms with Crippen molar-refractivity contribution in [1.82, 2.24) is 0 Å². The van der Waals surface area contributed by atoms with Gasteiger partial charge in [-0.3, -0.25) is 4.79 Å². The molecule has 2 fully saturated rings. The minimum Gasteiger partial charge on any atom is -0.507 e. The number of aromatic hydroxyl groups is 2. The van der Waals surface area contributed by atoms with Gasteiger partial charge in [0.05, 0.1) is 26.2 Å². The van der Waals surface area contributed by atoms with Gasteiger partial charge in [-0.05, 0) is 24.6 Å². The molecule has 0 spiro atoms. The predicted octanol–water partition coefficient (Wildman–Crippen LogP) is -1.16. The van der Waals surface area contributed by atoms with Gasteiger partial charge in [0, 0.05) is 12.1 Å². The zero-order valence-electron chi connectivity index (χ0n) is 23.1. The van der Waals surface area contributed by atoms with Crippen LogP contribution >= 0.6 is 0 Å². The maximum Gasteiger partial charge on any atom is 0.229 e. The van der Waals surface area contributed by atoms with E-state index in [9.17, 15) is 45.6 Å². The maximum atomic E-state index is 12.9. The average molecular weight is 611 g/mol. The number of hydrogen-bond donors (Lipinski definition) is 8. The zero-order chi connectivity index (χ0) is 31.2. The van der Waals surface area contributed by atoms with Crippen LogP contribution in [0.5, 0.6) is 28.7 Å². The van der Waals surface area contributed by atoms with Gasteiger partial charge >= 0.3 is 0 Å². The lowest BCUT2D eigenvalue weighted by molar-refractivity contribution is -0.318. The number of hydrogen-bond acceptors (Lipinski definition) is 15. The number of carbonyl (C=O) groups excluding carboxylic acids is 1. The number of ketones is 1. The third kappa shape index (κ3) is 6.08. The van der Waals surface area contributed by atoms with E-state index in [1.807, 2.05) is 0 Å². The van der Waals surface area contributed by atoms with Crippen LogP contribution in [-0.4, -0.2) is 122 Å². The maximum absolute atomic E-state index is 12.9. The second-order valence-corrected chi connectivity index (χ2v) is 10.6. The smallest absolute Gasteiger partial charge is 0.229 e. The minimum atomic E-state index is -1.77. The Kier molecular flexibility index (Phi) is 8.99. The van der Waals surface area contributed by atoms with Crippen LogP contribution in [0.25, 0.3) is 0 Å². The summed E-state index contributed by atoms with van der Waals surface area (Å²) in [7, 11) is 1.39. The van der Waals surface area contributed by atoms with Crippen molar-refractivity contribution in [3.8, 4) is 28.7 Å². The first-order valence-electron chi connectivity index (χ1n) is 13.5. The predicted molar refractivity (Wildman–Crippen MR) is 141 cm³/mol. The van der Waals surface area contributed by atoms with Gasteiger partial charge in [0.25, 0.3) is 0 Å². The van der Waals surface area contributed by atoms with Crippen molar-refractivity contribution in [3.05, 3.63) is 41.5 Å². The van der Waals surface area contributed by atoms with Crippen LogP contribution in [0.3, 0.4) is 0 Å². The van der Waals surface area contributed by atoms with Crippen LogP contribution < -0.4 is 14.2 Å². The van der Waals surface area contributed by atoms with Gasteiger partial charge in [-0.1, -0.05) is 6.07 Å². The Morgan fingerprint density at radius 3 is 2.23 bits per heavy atom. The number of methoxy groups -OCH3 is 1. The third-order valence-corrected chi connectivity index (χ3v) is 7.70. The molecule has 3 aliphatic heterocycles.